The van der Waals surface area contributed by atoms with Gasteiger partial charge in [0.05, 0.1) is 20.8 Å². The van der Waals surface area contributed by atoms with E-state index >= 15 is 0 Å². The molecule has 0 saturated carbocycles. The molecule has 0 radical (unpaired) electrons. The van der Waals surface area contributed by atoms with Gasteiger partial charge in [-0.2, -0.15) is 4.31 Å². The molecule has 0 fully saturated rings. The predicted molar refractivity (Wildman–Crippen MR) is 131 cm³/mol. The van der Waals surface area contributed by atoms with Crippen molar-refractivity contribution in [3.63, 3.8) is 0 Å². The van der Waals surface area contributed by atoms with Crippen molar-refractivity contribution in [1.29, 1.82) is 0 Å². The highest BCUT2D eigenvalue weighted by molar-refractivity contribution is 7.92. The predicted octanol–water partition coefficient (Wildman–Crippen LogP) is 4.24. The quantitative estimate of drug-likeness (QED) is 0.510. The molecule has 0 unspecified atom stereocenters. The first kappa shape index (κ1) is 24.0. The average molecular weight is 467 g/mol. The standard InChI is InChI=1S/C25H26N2O5S/c1-27(33(29,30)16-15-19-7-5-4-6-8-19)18-25(28)26-21-11-14-24(32-3)23(17-21)20-9-12-22(31-2)13-10-20/h4-17H,18H2,1-3H3,(H,26,28)/b16-15+. The molecule has 7 nitrogen and oxygen atoms in total. The molecule has 0 heterocycles. The number of hydrogen-bond donors (Lipinski definition) is 1. The maximum atomic E-state index is 12.5. The second-order valence-electron chi connectivity index (χ2n) is 7.21. The molecule has 0 aliphatic carbocycles. The zero-order valence-corrected chi connectivity index (χ0v) is 19.5. The number of methoxy groups -OCH3 is 2. The lowest BCUT2D eigenvalue weighted by Gasteiger charge is -2.16. The van der Waals surface area contributed by atoms with Gasteiger partial charge in [0.25, 0.3) is 0 Å². The SMILES string of the molecule is COc1ccc(-c2cc(NC(=O)CN(C)S(=O)(=O)/C=C/c3ccccc3)ccc2OC)cc1. The summed E-state index contributed by atoms with van der Waals surface area (Å²) < 4.78 is 36.6. The van der Waals surface area contributed by atoms with Gasteiger partial charge in [0.2, 0.25) is 15.9 Å². The van der Waals surface area contributed by atoms with Crippen molar-refractivity contribution in [2.24, 2.45) is 0 Å². The number of anilines is 1. The number of amides is 1. The number of benzene rings is 3. The summed E-state index contributed by atoms with van der Waals surface area (Å²) >= 11 is 0. The van der Waals surface area contributed by atoms with Gasteiger partial charge in [0.15, 0.2) is 0 Å². The number of nitrogens with zero attached hydrogens (tertiary/aromatic N) is 1. The Balaban J connectivity index is 1.71. The third kappa shape index (κ3) is 6.44. The molecule has 0 bridgehead atoms. The molecule has 0 aliphatic rings. The smallest absolute Gasteiger partial charge is 0.239 e. The van der Waals surface area contributed by atoms with E-state index in [2.05, 4.69) is 5.32 Å². The highest BCUT2D eigenvalue weighted by Gasteiger charge is 2.18. The number of carbonyl (C=O) groups excluding carboxylic acids is 1. The fourth-order valence-corrected chi connectivity index (χ4v) is 3.94. The summed E-state index contributed by atoms with van der Waals surface area (Å²) in [6, 6.07) is 21.8. The monoisotopic (exact) mass is 466 g/mol. The van der Waals surface area contributed by atoms with Crippen molar-refractivity contribution in [2.45, 2.75) is 0 Å². The summed E-state index contributed by atoms with van der Waals surface area (Å²) in [4.78, 5) is 12.5. The molecule has 3 rings (SSSR count). The lowest BCUT2D eigenvalue weighted by Crippen LogP contribution is -2.33. The number of hydrogen-bond acceptors (Lipinski definition) is 5. The summed E-state index contributed by atoms with van der Waals surface area (Å²) in [6.45, 7) is -0.328. The third-order valence-electron chi connectivity index (χ3n) is 4.92. The zero-order chi connectivity index (χ0) is 23.8. The van der Waals surface area contributed by atoms with E-state index in [0.29, 0.717) is 11.4 Å². The number of carbonyl (C=O) groups is 1. The van der Waals surface area contributed by atoms with Gasteiger partial charge in [-0.3, -0.25) is 4.79 Å². The van der Waals surface area contributed by atoms with Crippen LogP contribution in [0.25, 0.3) is 17.2 Å². The van der Waals surface area contributed by atoms with Crippen LogP contribution < -0.4 is 14.8 Å². The average Bonchev–Trinajstić information content (AvgIpc) is 2.83. The number of nitrogens with one attached hydrogen (secondary N) is 1. The number of rotatable bonds is 9. The second kappa shape index (κ2) is 10.8. The minimum absolute atomic E-state index is 0.328. The fourth-order valence-electron chi connectivity index (χ4n) is 3.11. The molecule has 0 aromatic heterocycles. The third-order valence-corrected chi connectivity index (χ3v) is 6.39. The largest absolute Gasteiger partial charge is 0.497 e. The highest BCUT2D eigenvalue weighted by atomic mass is 32.2. The van der Waals surface area contributed by atoms with Gasteiger partial charge in [0.1, 0.15) is 11.5 Å². The van der Waals surface area contributed by atoms with Crippen LogP contribution in [-0.2, 0) is 14.8 Å². The Morgan fingerprint density at radius 1 is 0.970 bits per heavy atom. The Kier molecular flexibility index (Phi) is 7.87. The van der Waals surface area contributed by atoms with Gasteiger partial charge >= 0.3 is 0 Å². The molecule has 8 heteroatoms. The first-order valence-electron chi connectivity index (χ1n) is 10.1. The molecule has 0 saturated heterocycles. The van der Waals surface area contributed by atoms with Gasteiger partial charge in [-0.25, -0.2) is 8.42 Å². The lowest BCUT2D eigenvalue weighted by molar-refractivity contribution is -0.116. The van der Waals surface area contributed by atoms with Crippen molar-refractivity contribution in [3.05, 3.63) is 83.8 Å². The van der Waals surface area contributed by atoms with E-state index in [1.807, 2.05) is 42.5 Å². The maximum absolute atomic E-state index is 12.5. The Morgan fingerprint density at radius 3 is 2.30 bits per heavy atom. The van der Waals surface area contributed by atoms with Crippen LogP contribution in [-0.4, -0.2) is 46.4 Å². The number of likely N-dealkylation sites (N-methyl/N-ethyl adjacent to an activating group) is 1. The van der Waals surface area contributed by atoms with Crippen LogP contribution in [0.1, 0.15) is 5.56 Å². The zero-order valence-electron chi connectivity index (χ0n) is 18.7. The van der Waals surface area contributed by atoms with E-state index in [4.69, 9.17) is 9.47 Å². The van der Waals surface area contributed by atoms with Gasteiger partial charge < -0.3 is 14.8 Å². The van der Waals surface area contributed by atoms with Crippen molar-refractivity contribution < 1.29 is 22.7 Å². The second-order valence-corrected chi connectivity index (χ2v) is 9.13. The van der Waals surface area contributed by atoms with Crippen LogP contribution in [0, 0.1) is 0 Å². The molecule has 0 atom stereocenters. The molecular weight excluding hydrogens is 440 g/mol. The molecule has 3 aromatic carbocycles. The first-order valence-corrected chi connectivity index (χ1v) is 11.6. The van der Waals surface area contributed by atoms with Crippen molar-refractivity contribution in [2.75, 3.05) is 33.1 Å². The summed E-state index contributed by atoms with van der Waals surface area (Å²) in [7, 11) is 0.778. The molecule has 1 amide bonds. The van der Waals surface area contributed by atoms with Crippen LogP contribution in [0.5, 0.6) is 11.5 Å². The maximum Gasteiger partial charge on any atom is 0.239 e. The molecule has 3 aromatic rings. The lowest BCUT2D eigenvalue weighted by atomic mass is 10.0. The molecule has 172 valence electrons. The Morgan fingerprint density at radius 2 is 1.67 bits per heavy atom. The van der Waals surface area contributed by atoms with Gasteiger partial charge in [-0.15, -0.1) is 0 Å². The van der Waals surface area contributed by atoms with Gasteiger partial charge in [-0.05, 0) is 47.5 Å². The van der Waals surface area contributed by atoms with Crippen LogP contribution in [0.2, 0.25) is 0 Å². The summed E-state index contributed by atoms with van der Waals surface area (Å²) in [5.41, 5.74) is 2.94. The minimum Gasteiger partial charge on any atom is -0.497 e. The topological polar surface area (TPSA) is 84.9 Å². The minimum atomic E-state index is -3.75. The van der Waals surface area contributed by atoms with Gasteiger partial charge in [0, 0.05) is 23.7 Å². The molecule has 0 aliphatic heterocycles. The normalized spacial score (nSPS) is 11.5. The molecule has 1 N–H and O–H groups in total. The van der Waals surface area contributed by atoms with Crippen LogP contribution in [0.3, 0.4) is 0 Å². The number of sulfonamides is 1. The fraction of sp³-hybridized carbons (Fsp3) is 0.160. The Labute approximate surface area is 194 Å². The first-order chi connectivity index (χ1) is 15.8. The van der Waals surface area contributed by atoms with E-state index in [1.165, 1.54) is 13.1 Å². The summed E-state index contributed by atoms with van der Waals surface area (Å²) in [6.07, 6.45) is 1.49. The van der Waals surface area contributed by atoms with Crippen LogP contribution >= 0.6 is 0 Å². The van der Waals surface area contributed by atoms with E-state index in [9.17, 15) is 13.2 Å². The van der Waals surface area contributed by atoms with Crippen LogP contribution in [0.15, 0.2) is 78.2 Å². The van der Waals surface area contributed by atoms with E-state index in [-0.39, 0.29) is 6.54 Å². The number of ether oxygens (including phenoxy) is 2. The molecule has 0 spiro atoms. The Hall–Kier alpha value is -3.62. The summed E-state index contributed by atoms with van der Waals surface area (Å²) in [5.74, 6) is 0.914. The van der Waals surface area contributed by atoms with E-state index in [1.54, 1.807) is 44.6 Å². The summed E-state index contributed by atoms with van der Waals surface area (Å²) in [5, 5.41) is 3.84. The van der Waals surface area contributed by atoms with Gasteiger partial charge in [-0.1, -0.05) is 42.5 Å². The molecule has 33 heavy (non-hydrogen) atoms. The molecular formula is C25H26N2O5S. The van der Waals surface area contributed by atoms with E-state index in [0.717, 1.165) is 32.2 Å². The van der Waals surface area contributed by atoms with Crippen LogP contribution in [0.4, 0.5) is 5.69 Å². The van der Waals surface area contributed by atoms with Crippen molar-refractivity contribution in [3.8, 4) is 22.6 Å². The van der Waals surface area contributed by atoms with E-state index < -0.39 is 15.9 Å². The Bertz CT molecular complexity index is 1220. The highest BCUT2D eigenvalue weighted by Crippen LogP contribution is 2.33. The van der Waals surface area contributed by atoms with Crippen molar-refractivity contribution >= 4 is 27.7 Å². The van der Waals surface area contributed by atoms with Crippen molar-refractivity contribution in [1.82, 2.24) is 4.31 Å².